The summed E-state index contributed by atoms with van der Waals surface area (Å²) in [6.07, 6.45) is 5.02. The van der Waals surface area contributed by atoms with Gasteiger partial charge in [0.05, 0.1) is 0 Å². The Kier molecular flexibility index (Phi) is 3.72. The standard InChI is InChI=1S/C11H21N3/c1-11(2,5-6-12)14(3)9-10-4-7-13-8-10/h4,7-8,13H,5-6,9,12H2,1-3H3. The van der Waals surface area contributed by atoms with E-state index in [-0.39, 0.29) is 5.54 Å². The average Bonchev–Trinajstić information content (AvgIpc) is 2.56. The van der Waals surface area contributed by atoms with Gasteiger partial charge in [-0.2, -0.15) is 0 Å². The minimum Gasteiger partial charge on any atom is -0.367 e. The normalized spacial score (nSPS) is 12.4. The monoisotopic (exact) mass is 195 g/mol. The van der Waals surface area contributed by atoms with E-state index in [1.54, 1.807) is 0 Å². The van der Waals surface area contributed by atoms with Gasteiger partial charge in [-0.25, -0.2) is 0 Å². The van der Waals surface area contributed by atoms with Gasteiger partial charge in [-0.3, -0.25) is 4.90 Å². The Bertz CT molecular complexity index is 252. The van der Waals surface area contributed by atoms with Crippen molar-refractivity contribution in [2.24, 2.45) is 5.73 Å². The van der Waals surface area contributed by atoms with Gasteiger partial charge in [-0.1, -0.05) is 0 Å². The lowest BCUT2D eigenvalue weighted by molar-refractivity contribution is 0.140. The van der Waals surface area contributed by atoms with Crippen LogP contribution in [0.15, 0.2) is 18.5 Å². The SMILES string of the molecule is CN(Cc1cc[nH]c1)C(C)(C)CCN. The summed E-state index contributed by atoms with van der Waals surface area (Å²) in [6, 6.07) is 2.11. The highest BCUT2D eigenvalue weighted by Gasteiger charge is 2.22. The Morgan fingerprint density at radius 1 is 1.50 bits per heavy atom. The summed E-state index contributed by atoms with van der Waals surface area (Å²) in [7, 11) is 2.14. The van der Waals surface area contributed by atoms with Crippen LogP contribution in [0.25, 0.3) is 0 Å². The smallest absolute Gasteiger partial charge is 0.0250 e. The summed E-state index contributed by atoms with van der Waals surface area (Å²) in [5, 5.41) is 0. The van der Waals surface area contributed by atoms with Crippen molar-refractivity contribution < 1.29 is 0 Å². The topological polar surface area (TPSA) is 45.0 Å². The zero-order chi connectivity index (χ0) is 10.6. The molecule has 0 unspecified atom stereocenters. The molecule has 0 aliphatic carbocycles. The number of hydrogen-bond acceptors (Lipinski definition) is 2. The van der Waals surface area contributed by atoms with Gasteiger partial charge in [0, 0.05) is 24.5 Å². The minimum absolute atomic E-state index is 0.173. The number of aromatic amines is 1. The summed E-state index contributed by atoms with van der Waals surface area (Å²) >= 11 is 0. The van der Waals surface area contributed by atoms with Crippen molar-refractivity contribution in [2.75, 3.05) is 13.6 Å². The largest absolute Gasteiger partial charge is 0.367 e. The van der Waals surface area contributed by atoms with Crippen LogP contribution >= 0.6 is 0 Å². The first kappa shape index (κ1) is 11.3. The van der Waals surface area contributed by atoms with Gasteiger partial charge >= 0.3 is 0 Å². The van der Waals surface area contributed by atoms with Crippen molar-refractivity contribution in [1.29, 1.82) is 0 Å². The van der Waals surface area contributed by atoms with E-state index in [2.05, 4.69) is 36.8 Å². The second-order valence-corrected chi connectivity index (χ2v) is 4.43. The van der Waals surface area contributed by atoms with Crippen molar-refractivity contribution in [3.05, 3.63) is 24.0 Å². The van der Waals surface area contributed by atoms with Crippen LogP contribution in [-0.4, -0.2) is 29.0 Å². The highest BCUT2D eigenvalue weighted by Crippen LogP contribution is 2.18. The number of hydrogen-bond donors (Lipinski definition) is 2. The molecule has 0 amide bonds. The van der Waals surface area contributed by atoms with Gasteiger partial charge in [0.2, 0.25) is 0 Å². The molecule has 1 rings (SSSR count). The molecule has 0 radical (unpaired) electrons. The first-order valence-electron chi connectivity index (χ1n) is 5.09. The number of rotatable bonds is 5. The Morgan fingerprint density at radius 2 is 2.21 bits per heavy atom. The number of nitrogens with zero attached hydrogens (tertiary/aromatic N) is 1. The van der Waals surface area contributed by atoms with E-state index < -0.39 is 0 Å². The molecule has 14 heavy (non-hydrogen) atoms. The van der Waals surface area contributed by atoms with Crippen LogP contribution in [0.5, 0.6) is 0 Å². The van der Waals surface area contributed by atoms with Crippen molar-refractivity contribution in [1.82, 2.24) is 9.88 Å². The molecule has 80 valence electrons. The van der Waals surface area contributed by atoms with Gasteiger partial charge in [0.1, 0.15) is 0 Å². The maximum atomic E-state index is 5.59. The van der Waals surface area contributed by atoms with E-state index in [1.807, 2.05) is 12.4 Å². The van der Waals surface area contributed by atoms with Crippen molar-refractivity contribution >= 4 is 0 Å². The fourth-order valence-corrected chi connectivity index (χ4v) is 1.49. The molecule has 0 fully saturated rings. The molecule has 1 aromatic rings. The van der Waals surface area contributed by atoms with E-state index in [0.717, 1.165) is 19.5 Å². The summed E-state index contributed by atoms with van der Waals surface area (Å²) in [5.74, 6) is 0. The first-order chi connectivity index (χ1) is 6.56. The van der Waals surface area contributed by atoms with Crippen LogP contribution in [0.3, 0.4) is 0 Å². The van der Waals surface area contributed by atoms with Crippen LogP contribution in [0.4, 0.5) is 0 Å². The van der Waals surface area contributed by atoms with Gasteiger partial charge in [0.25, 0.3) is 0 Å². The molecule has 0 bridgehead atoms. The third-order valence-corrected chi connectivity index (χ3v) is 2.87. The zero-order valence-corrected chi connectivity index (χ0v) is 9.38. The lowest BCUT2D eigenvalue weighted by Crippen LogP contribution is -2.42. The molecule has 0 spiro atoms. The molecular formula is C11H21N3. The Hall–Kier alpha value is -0.800. The Balaban J connectivity index is 2.52. The summed E-state index contributed by atoms with van der Waals surface area (Å²) in [6.45, 7) is 6.17. The highest BCUT2D eigenvalue weighted by atomic mass is 15.2. The second kappa shape index (κ2) is 4.62. The van der Waals surface area contributed by atoms with Crippen molar-refractivity contribution in [3.63, 3.8) is 0 Å². The van der Waals surface area contributed by atoms with Gasteiger partial charge in [-0.15, -0.1) is 0 Å². The maximum absolute atomic E-state index is 5.59. The van der Waals surface area contributed by atoms with Crippen LogP contribution < -0.4 is 5.73 Å². The lowest BCUT2D eigenvalue weighted by atomic mass is 9.98. The van der Waals surface area contributed by atoms with Gasteiger partial charge in [0.15, 0.2) is 0 Å². The van der Waals surface area contributed by atoms with Crippen LogP contribution in [0.1, 0.15) is 25.8 Å². The predicted octanol–water partition coefficient (Wildman–Crippen LogP) is 1.57. The fraction of sp³-hybridized carbons (Fsp3) is 0.636. The van der Waals surface area contributed by atoms with E-state index in [1.165, 1.54) is 5.56 Å². The van der Waals surface area contributed by atoms with Gasteiger partial charge < -0.3 is 10.7 Å². The average molecular weight is 195 g/mol. The van der Waals surface area contributed by atoms with Crippen molar-refractivity contribution in [2.45, 2.75) is 32.4 Å². The molecule has 0 aliphatic rings. The highest BCUT2D eigenvalue weighted by molar-refractivity contribution is 5.08. The quantitative estimate of drug-likeness (QED) is 0.749. The number of nitrogens with one attached hydrogen (secondary N) is 1. The fourth-order valence-electron chi connectivity index (χ4n) is 1.49. The predicted molar refractivity (Wildman–Crippen MR) is 60.0 cm³/mol. The molecule has 0 aromatic carbocycles. The van der Waals surface area contributed by atoms with E-state index in [0.29, 0.717) is 0 Å². The maximum Gasteiger partial charge on any atom is 0.0250 e. The van der Waals surface area contributed by atoms with Crippen LogP contribution in [0.2, 0.25) is 0 Å². The molecule has 3 N–H and O–H groups in total. The lowest BCUT2D eigenvalue weighted by Gasteiger charge is -2.35. The molecule has 0 atom stereocenters. The van der Waals surface area contributed by atoms with E-state index in [9.17, 15) is 0 Å². The summed E-state index contributed by atoms with van der Waals surface area (Å²) in [4.78, 5) is 5.40. The molecule has 3 heteroatoms. The van der Waals surface area contributed by atoms with Gasteiger partial charge in [-0.05, 0) is 45.5 Å². The summed E-state index contributed by atoms with van der Waals surface area (Å²) < 4.78 is 0. The minimum atomic E-state index is 0.173. The Labute approximate surface area is 86.3 Å². The van der Waals surface area contributed by atoms with Crippen molar-refractivity contribution in [3.8, 4) is 0 Å². The first-order valence-corrected chi connectivity index (χ1v) is 5.09. The number of nitrogens with two attached hydrogens (primary N) is 1. The molecule has 0 aliphatic heterocycles. The third kappa shape index (κ3) is 2.86. The van der Waals surface area contributed by atoms with E-state index in [4.69, 9.17) is 5.73 Å². The van der Waals surface area contributed by atoms with E-state index >= 15 is 0 Å². The molecule has 1 aromatic heterocycles. The molecular weight excluding hydrogens is 174 g/mol. The summed E-state index contributed by atoms with van der Waals surface area (Å²) in [5.41, 5.74) is 7.08. The van der Waals surface area contributed by atoms with Crippen LogP contribution in [-0.2, 0) is 6.54 Å². The molecule has 3 nitrogen and oxygen atoms in total. The molecule has 0 saturated carbocycles. The molecule has 1 heterocycles. The second-order valence-electron chi connectivity index (χ2n) is 4.43. The number of H-pyrrole nitrogens is 1. The Morgan fingerprint density at radius 3 is 2.71 bits per heavy atom. The molecule has 0 saturated heterocycles. The number of aromatic nitrogens is 1. The zero-order valence-electron chi connectivity index (χ0n) is 9.38. The third-order valence-electron chi connectivity index (χ3n) is 2.87. The van der Waals surface area contributed by atoms with Crippen LogP contribution in [0, 0.1) is 0 Å².